The van der Waals surface area contributed by atoms with Gasteiger partial charge in [-0.15, -0.1) is 0 Å². The number of benzene rings is 2. The lowest BCUT2D eigenvalue weighted by atomic mass is 9.93. The molecule has 6 heterocycles. The van der Waals surface area contributed by atoms with E-state index < -0.39 is 6.17 Å². The van der Waals surface area contributed by atoms with E-state index in [1.807, 2.05) is 54.4 Å². The molecular formula is C40H43ClFN7O3. The number of rotatable bonds is 8. The summed E-state index contributed by atoms with van der Waals surface area (Å²) in [4.78, 5) is 38.7. The lowest BCUT2D eigenvalue weighted by Gasteiger charge is -2.31. The number of likely N-dealkylation sites (N-methyl/N-ethyl adjacent to an activating group) is 1. The van der Waals surface area contributed by atoms with Crippen LogP contribution in [0.25, 0.3) is 39.0 Å². The maximum absolute atomic E-state index is 14.6. The van der Waals surface area contributed by atoms with E-state index in [9.17, 15) is 9.18 Å². The summed E-state index contributed by atoms with van der Waals surface area (Å²) >= 11 is 6.70. The van der Waals surface area contributed by atoms with E-state index in [0.29, 0.717) is 54.9 Å². The van der Waals surface area contributed by atoms with Crippen LogP contribution in [0.4, 0.5) is 10.2 Å². The van der Waals surface area contributed by atoms with E-state index in [-0.39, 0.29) is 28.9 Å². The number of alkyl halides is 1. The number of ether oxygens (including phenoxy) is 1. The molecule has 0 saturated carbocycles. The first-order valence-corrected chi connectivity index (χ1v) is 18.4. The fraction of sp³-hybridized carbons (Fsp3) is 0.425. The lowest BCUT2D eigenvalue weighted by molar-refractivity contribution is -0.124. The van der Waals surface area contributed by atoms with E-state index in [1.165, 1.54) is 6.08 Å². The van der Waals surface area contributed by atoms with Crippen molar-refractivity contribution in [1.29, 1.82) is 0 Å². The van der Waals surface area contributed by atoms with Crippen LogP contribution in [-0.2, 0) is 10.2 Å². The fourth-order valence-electron chi connectivity index (χ4n) is 8.01. The van der Waals surface area contributed by atoms with Crippen LogP contribution in [0.1, 0.15) is 58.0 Å². The van der Waals surface area contributed by atoms with Gasteiger partial charge in [0.25, 0.3) is 0 Å². The minimum atomic E-state index is -0.858. The maximum Gasteiger partial charge on any atom is 0.319 e. The number of halogens is 2. The number of amides is 1. The Hall–Kier alpha value is -4.61. The first kappa shape index (κ1) is 34.5. The first-order chi connectivity index (χ1) is 25.0. The largest absolute Gasteiger partial charge is 0.461 e. The number of hydrogen-bond donors (Lipinski definition) is 0. The molecule has 8 rings (SSSR count). The Labute approximate surface area is 307 Å². The van der Waals surface area contributed by atoms with E-state index in [4.69, 9.17) is 35.7 Å². The molecule has 0 spiro atoms. The zero-order chi connectivity index (χ0) is 36.2. The average molecular weight is 724 g/mol. The maximum atomic E-state index is 14.6. The van der Waals surface area contributed by atoms with Crippen LogP contribution < -0.4 is 9.64 Å². The topological polar surface area (TPSA) is 101 Å². The molecule has 1 amide bonds. The van der Waals surface area contributed by atoms with Gasteiger partial charge in [-0.3, -0.25) is 14.7 Å². The summed E-state index contributed by atoms with van der Waals surface area (Å²) < 4.78 is 26.6. The van der Waals surface area contributed by atoms with Gasteiger partial charge in [0, 0.05) is 78.9 Å². The molecule has 10 nitrogen and oxygen atoms in total. The Morgan fingerprint density at radius 3 is 2.79 bits per heavy atom. The number of carbonyl (C=O) groups is 1. The first-order valence-electron chi connectivity index (χ1n) is 18.0. The summed E-state index contributed by atoms with van der Waals surface area (Å²) in [6, 6.07) is 14.1. The number of likely N-dealkylation sites (tertiary alicyclic amines) is 1. The molecule has 12 heteroatoms. The van der Waals surface area contributed by atoms with Crippen LogP contribution in [0.3, 0.4) is 0 Å². The molecule has 0 bridgehead atoms. The zero-order valence-corrected chi connectivity index (χ0v) is 30.7. The molecule has 3 atom stereocenters. The van der Waals surface area contributed by atoms with Crippen molar-refractivity contribution in [2.75, 3.05) is 44.7 Å². The van der Waals surface area contributed by atoms with Gasteiger partial charge in [0.05, 0.1) is 27.8 Å². The predicted molar refractivity (Wildman–Crippen MR) is 201 cm³/mol. The van der Waals surface area contributed by atoms with Crippen molar-refractivity contribution < 1.29 is 18.3 Å². The molecule has 0 aliphatic carbocycles. The predicted octanol–water partition coefficient (Wildman–Crippen LogP) is 7.49. The highest BCUT2D eigenvalue weighted by molar-refractivity contribution is 6.36. The van der Waals surface area contributed by atoms with Crippen LogP contribution >= 0.6 is 11.6 Å². The van der Waals surface area contributed by atoms with Crippen LogP contribution in [-0.4, -0.2) is 93.2 Å². The van der Waals surface area contributed by atoms with Crippen LogP contribution in [0.15, 0.2) is 65.4 Å². The Bertz CT molecular complexity index is 2180. The Morgan fingerprint density at radius 2 is 1.98 bits per heavy atom. The molecule has 270 valence electrons. The molecule has 0 unspecified atom stereocenters. The number of oxazole rings is 1. The summed E-state index contributed by atoms with van der Waals surface area (Å²) in [5.41, 5.74) is 2.65. The Kier molecular flexibility index (Phi) is 8.90. The van der Waals surface area contributed by atoms with E-state index >= 15 is 0 Å². The standard InChI is InChI=1S/C40H43ClFN7O3/c1-39(2,3)33-23-51-34(45-33)12-13-35(50)48-17-14-27(22-48)47(4)37-29-20-43-31(28-10-5-8-25-9-6-11-30(41)36(25)28)18-32(29)44-38(46-37)52-24-40-15-7-16-49(40)21-26(42)19-40/h5-6,8-13,18,20,23,26-27H,7,14-17,19,21-22,24H2,1-4H3/b13-12+/t26-,27-,40+/m1/s1. The van der Waals surface area contributed by atoms with Gasteiger partial charge in [-0.1, -0.05) is 62.7 Å². The molecule has 52 heavy (non-hydrogen) atoms. The highest BCUT2D eigenvalue weighted by Crippen LogP contribution is 2.41. The zero-order valence-electron chi connectivity index (χ0n) is 30.0. The minimum Gasteiger partial charge on any atom is -0.461 e. The summed E-state index contributed by atoms with van der Waals surface area (Å²) in [5.74, 6) is 0.963. The van der Waals surface area contributed by atoms with Crippen molar-refractivity contribution in [2.45, 2.75) is 69.6 Å². The number of anilines is 1. The SMILES string of the molecule is CN(c1nc(OC[C@@]23CCCN2C[C@H](F)C3)nc2cc(-c3cccc4cccc(Cl)c34)ncc12)[C@@H]1CCN(C(=O)/C=C/c2nc(C(C)(C)C)co2)C1. The Balaban J connectivity index is 1.09. The van der Waals surface area contributed by atoms with Gasteiger partial charge < -0.3 is 19.0 Å². The number of nitrogens with zero attached hydrogens (tertiary/aromatic N) is 7. The molecule has 0 N–H and O–H groups in total. The van der Waals surface area contributed by atoms with Crippen molar-refractivity contribution >= 4 is 51.1 Å². The monoisotopic (exact) mass is 723 g/mol. The van der Waals surface area contributed by atoms with Gasteiger partial charge in [0.15, 0.2) is 0 Å². The highest BCUT2D eigenvalue weighted by atomic mass is 35.5. The van der Waals surface area contributed by atoms with E-state index in [1.54, 1.807) is 18.5 Å². The second-order valence-electron chi connectivity index (χ2n) is 15.4. The van der Waals surface area contributed by atoms with Crippen molar-refractivity contribution in [2.24, 2.45) is 0 Å². The quantitative estimate of drug-likeness (QED) is 0.151. The van der Waals surface area contributed by atoms with Crippen molar-refractivity contribution in [1.82, 2.24) is 29.7 Å². The third-order valence-corrected chi connectivity index (χ3v) is 11.2. The van der Waals surface area contributed by atoms with Gasteiger partial charge in [-0.05, 0) is 43.3 Å². The van der Waals surface area contributed by atoms with Gasteiger partial charge >= 0.3 is 6.01 Å². The molecule has 2 aromatic carbocycles. The van der Waals surface area contributed by atoms with E-state index in [0.717, 1.165) is 58.9 Å². The number of pyridine rings is 1. The number of hydrogen-bond acceptors (Lipinski definition) is 9. The molecule has 3 saturated heterocycles. The summed E-state index contributed by atoms with van der Waals surface area (Å²) in [7, 11) is 1.99. The second kappa shape index (κ2) is 13.4. The minimum absolute atomic E-state index is 0.0138. The van der Waals surface area contributed by atoms with Crippen LogP contribution in [0.2, 0.25) is 5.02 Å². The molecule has 5 aromatic rings. The number of aromatic nitrogens is 4. The molecule has 3 aliphatic heterocycles. The van der Waals surface area contributed by atoms with Crippen molar-refractivity contribution in [3.63, 3.8) is 0 Å². The molecule has 3 fully saturated rings. The van der Waals surface area contributed by atoms with Crippen LogP contribution in [0.5, 0.6) is 6.01 Å². The molecule has 0 radical (unpaired) electrons. The van der Waals surface area contributed by atoms with Gasteiger partial charge in [0.1, 0.15) is 24.9 Å². The van der Waals surface area contributed by atoms with Gasteiger partial charge in [-0.25, -0.2) is 9.37 Å². The van der Waals surface area contributed by atoms with Crippen LogP contribution in [0, 0.1) is 0 Å². The molecule has 3 aliphatic rings. The third-order valence-electron chi connectivity index (χ3n) is 10.9. The van der Waals surface area contributed by atoms with E-state index in [2.05, 4.69) is 35.6 Å². The summed E-state index contributed by atoms with van der Waals surface area (Å²) in [5, 5.41) is 3.35. The third kappa shape index (κ3) is 6.49. The normalized spacial score (nSPS) is 22.2. The number of carbonyl (C=O) groups excluding carboxylic acids is 1. The van der Waals surface area contributed by atoms with Crippen molar-refractivity contribution in [3.8, 4) is 17.3 Å². The summed E-state index contributed by atoms with van der Waals surface area (Å²) in [6.45, 7) is 8.94. The Morgan fingerprint density at radius 1 is 1.15 bits per heavy atom. The highest BCUT2D eigenvalue weighted by Gasteiger charge is 2.49. The number of fused-ring (bicyclic) bond motifs is 3. The van der Waals surface area contributed by atoms with Gasteiger partial charge in [-0.2, -0.15) is 9.97 Å². The molecular weight excluding hydrogens is 681 g/mol. The smallest absolute Gasteiger partial charge is 0.319 e. The lowest BCUT2D eigenvalue weighted by Crippen LogP contribution is -2.43. The van der Waals surface area contributed by atoms with Gasteiger partial charge in [0.2, 0.25) is 11.8 Å². The fourth-order valence-corrected chi connectivity index (χ4v) is 8.30. The second-order valence-corrected chi connectivity index (χ2v) is 15.8. The average Bonchev–Trinajstić information content (AvgIpc) is 3.93. The van der Waals surface area contributed by atoms with Crippen molar-refractivity contribution in [3.05, 3.63) is 77.6 Å². The molecule has 3 aromatic heterocycles. The summed E-state index contributed by atoms with van der Waals surface area (Å²) in [6.07, 6.45) is 8.85.